The highest BCUT2D eigenvalue weighted by Crippen LogP contribution is 2.40. The topological polar surface area (TPSA) is 51.4 Å². The van der Waals surface area contributed by atoms with E-state index in [2.05, 4.69) is 23.7 Å². The van der Waals surface area contributed by atoms with Crippen LogP contribution in [0.25, 0.3) is 0 Å². The Hall–Kier alpha value is -1.72. The third kappa shape index (κ3) is 3.23. The lowest BCUT2D eigenvalue weighted by atomic mass is 9.91. The first-order valence-electron chi connectivity index (χ1n) is 8.91. The molecule has 4 rings (SSSR count). The van der Waals surface area contributed by atoms with Crippen LogP contribution in [0.1, 0.15) is 55.8 Å². The highest BCUT2D eigenvalue weighted by atomic mass is 16.5. The Morgan fingerprint density at radius 2 is 2.25 bits per heavy atom. The zero-order valence-electron chi connectivity index (χ0n) is 14.4. The number of piperidine rings is 1. The summed E-state index contributed by atoms with van der Waals surface area (Å²) in [5, 5.41) is 0. The van der Waals surface area contributed by atoms with Gasteiger partial charge < -0.3 is 9.15 Å². The monoisotopic (exact) mass is 327 g/mol. The maximum Gasteiger partial charge on any atom is 0.131 e. The van der Waals surface area contributed by atoms with Crippen molar-refractivity contribution in [2.75, 3.05) is 13.1 Å². The second kappa shape index (κ2) is 6.65. The van der Waals surface area contributed by atoms with Crippen LogP contribution in [0.2, 0.25) is 0 Å². The van der Waals surface area contributed by atoms with Crippen LogP contribution in [-0.4, -0.2) is 34.1 Å². The summed E-state index contributed by atoms with van der Waals surface area (Å²) in [6.07, 6.45) is 8.15. The summed E-state index contributed by atoms with van der Waals surface area (Å²) in [4.78, 5) is 11.6. The Balaban J connectivity index is 1.41. The third-order valence-corrected chi connectivity index (χ3v) is 5.16. The van der Waals surface area contributed by atoms with Gasteiger partial charge in [-0.1, -0.05) is 13.8 Å². The second-order valence-corrected chi connectivity index (χ2v) is 7.31. The maximum absolute atomic E-state index is 6.38. The fraction of sp³-hybridized carbons (Fsp3) is 0.579. The molecule has 2 saturated heterocycles. The minimum Gasteiger partial charge on any atom is -0.472 e. The van der Waals surface area contributed by atoms with Gasteiger partial charge in [-0.05, 0) is 37.4 Å². The van der Waals surface area contributed by atoms with E-state index in [1.54, 1.807) is 6.26 Å². The van der Waals surface area contributed by atoms with Crippen LogP contribution < -0.4 is 0 Å². The molecule has 2 aliphatic heterocycles. The number of likely N-dealkylation sites (tertiary alicyclic amines) is 1. The van der Waals surface area contributed by atoms with Crippen molar-refractivity contribution < 1.29 is 9.15 Å². The van der Waals surface area contributed by atoms with Crippen LogP contribution in [0.5, 0.6) is 0 Å². The van der Waals surface area contributed by atoms with Crippen molar-refractivity contribution >= 4 is 0 Å². The average Bonchev–Trinajstić information content (AvgIpc) is 3.24. The van der Waals surface area contributed by atoms with Gasteiger partial charge >= 0.3 is 0 Å². The molecule has 24 heavy (non-hydrogen) atoms. The Morgan fingerprint density at radius 3 is 3.04 bits per heavy atom. The first-order chi connectivity index (χ1) is 11.7. The molecule has 5 heteroatoms. The van der Waals surface area contributed by atoms with Crippen LogP contribution in [0.4, 0.5) is 0 Å². The fourth-order valence-electron chi connectivity index (χ4n) is 3.82. The molecule has 0 aliphatic carbocycles. The lowest BCUT2D eigenvalue weighted by Crippen LogP contribution is -2.41. The quantitative estimate of drug-likeness (QED) is 0.859. The minimum absolute atomic E-state index is 0.120. The molecule has 0 unspecified atom stereocenters. The van der Waals surface area contributed by atoms with Crippen LogP contribution in [0.3, 0.4) is 0 Å². The molecule has 128 valence electrons. The number of hydrogen-bond acceptors (Lipinski definition) is 5. The molecule has 0 spiro atoms. The standard InChI is InChI=1S/C19H25N3O2/c1-13(2)19-20-6-3-16(21-19)17-9-15-4-7-22(11-18(15)24-17)10-14-5-8-23-12-14/h3,5-6,8,12-13,15,17-18H,4,7,9-11H2,1-2H3/t15-,17+,18+/m0/s1. The zero-order chi connectivity index (χ0) is 16.5. The van der Waals surface area contributed by atoms with Crippen LogP contribution in [-0.2, 0) is 11.3 Å². The lowest BCUT2D eigenvalue weighted by molar-refractivity contribution is -0.0107. The van der Waals surface area contributed by atoms with Gasteiger partial charge in [0.25, 0.3) is 0 Å². The van der Waals surface area contributed by atoms with Gasteiger partial charge in [0, 0.05) is 30.8 Å². The van der Waals surface area contributed by atoms with E-state index >= 15 is 0 Å². The number of hydrogen-bond donors (Lipinski definition) is 0. The first-order valence-corrected chi connectivity index (χ1v) is 8.91. The highest BCUT2D eigenvalue weighted by molar-refractivity contribution is 5.11. The van der Waals surface area contributed by atoms with E-state index in [-0.39, 0.29) is 6.10 Å². The number of rotatable bonds is 4. The summed E-state index contributed by atoms with van der Waals surface area (Å²) in [6, 6.07) is 4.05. The Kier molecular flexibility index (Phi) is 4.37. The van der Waals surface area contributed by atoms with Crippen molar-refractivity contribution in [1.29, 1.82) is 0 Å². The molecule has 2 aromatic heterocycles. The van der Waals surface area contributed by atoms with E-state index < -0.39 is 0 Å². The molecule has 0 saturated carbocycles. The van der Waals surface area contributed by atoms with Gasteiger partial charge in [-0.15, -0.1) is 0 Å². The SMILES string of the molecule is CC(C)c1nccc([C@H]2C[C@@H]3CCN(Cc4ccoc4)C[C@H]3O2)n1. The summed E-state index contributed by atoms with van der Waals surface area (Å²) in [5.41, 5.74) is 2.28. The fourth-order valence-corrected chi connectivity index (χ4v) is 3.82. The lowest BCUT2D eigenvalue weighted by Gasteiger charge is -2.33. The molecule has 0 radical (unpaired) electrons. The molecule has 2 fully saturated rings. The molecule has 0 aromatic carbocycles. The molecular formula is C19H25N3O2. The second-order valence-electron chi connectivity index (χ2n) is 7.31. The number of aromatic nitrogens is 2. The van der Waals surface area contributed by atoms with Crippen LogP contribution in [0, 0.1) is 5.92 Å². The molecular weight excluding hydrogens is 302 g/mol. The van der Waals surface area contributed by atoms with Gasteiger partial charge in [0.1, 0.15) is 11.9 Å². The summed E-state index contributed by atoms with van der Waals surface area (Å²) in [6.45, 7) is 7.32. The highest BCUT2D eigenvalue weighted by Gasteiger charge is 2.40. The van der Waals surface area contributed by atoms with Gasteiger partial charge in [0.2, 0.25) is 0 Å². The Labute approximate surface area is 143 Å². The van der Waals surface area contributed by atoms with Crippen molar-refractivity contribution in [2.45, 2.75) is 51.4 Å². The van der Waals surface area contributed by atoms with Crippen molar-refractivity contribution in [3.8, 4) is 0 Å². The van der Waals surface area contributed by atoms with Crippen LogP contribution >= 0.6 is 0 Å². The normalized spacial score (nSPS) is 27.5. The van der Waals surface area contributed by atoms with Gasteiger partial charge in [0.05, 0.1) is 24.3 Å². The number of fused-ring (bicyclic) bond motifs is 1. The largest absolute Gasteiger partial charge is 0.472 e. The summed E-state index contributed by atoms with van der Waals surface area (Å²) < 4.78 is 11.6. The molecule has 2 aromatic rings. The third-order valence-electron chi connectivity index (χ3n) is 5.16. The molecule has 0 amide bonds. The number of nitrogens with zero attached hydrogens (tertiary/aromatic N) is 3. The Bertz CT molecular complexity index is 671. The smallest absolute Gasteiger partial charge is 0.131 e. The van der Waals surface area contributed by atoms with Crippen molar-refractivity contribution in [2.24, 2.45) is 5.92 Å². The minimum atomic E-state index is 0.120. The first kappa shape index (κ1) is 15.8. The predicted molar refractivity (Wildman–Crippen MR) is 90.4 cm³/mol. The molecule has 4 heterocycles. The molecule has 0 bridgehead atoms. The summed E-state index contributed by atoms with van der Waals surface area (Å²) >= 11 is 0. The molecule has 0 N–H and O–H groups in total. The van der Waals surface area contributed by atoms with Gasteiger partial charge in [-0.25, -0.2) is 9.97 Å². The van der Waals surface area contributed by atoms with Gasteiger partial charge in [-0.2, -0.15) is 0 Å². The summed E-state index contributed by atoms with van der Waals surface area (Å²) in [5.74, 6) is 1.90. The van der Waals surface area contributed by atoms with Crippen molar-refractivity contribution in [1.82, 2.24) is 14.9 Å². The van der Waals surface area contributed by atoms with Gasteiger partial charge in [0.15, 0.2) is 0 Å². The van der Waals surface area contributed by atoms with E-state index in [0.29, 0.717) is 17.9 Å². The van der Waals surface area contributed by atoms with Crippen molar-refractivity contribution in [3.63, 3.8) is 0 Å². The molecule has 3 atom stereocenters. The zero-order valence-corrected chi connectivity index (χ0v) is 14.4. The van der Waals surface area contributed by atoms with E-state index in [0.717, 1.165) is 37.6 Å². The maximum atomic E-state index is 6.38. The molecule has 2 aliphatic rings. The van der Waals surface area contributed by atoms with E-state index in [9.17, 15) is 0 Å². The Morgan fingerprint density at radius 1 is 1.33 bits per heavy atom. The number of furan rings is 1. The predicted octanol–water partition coefficient (Wildman–Crippen LogP) is 3.55. The summed E-state index contributed by atoms with van der Waals surface area (Å²) in [7, 11) is 0. The van der Waals surface area contributed by atoms with Crippen LogP contribution in [0.15, 0.2) is 35.3 Å². The van der Waals surface area contributed by atoms with E-state index in [4.69, 9.17) is 14.1 Å². The van der Waals surface area contributed by atoms with E-state index in [1.165, 1.54) is 12.0 Å². The average molecular weight is 327 g/mol. The molecule has 5 nitrogen and oxygen atoms in total. The van der Waals surface area contributed by atoms with E-state index in [1.807, 2.05) is 24.6 Å². The van der Waals surface area contributed by atoms with Gasteiger partial charge in [-0.3, -0.25) is 4.90 Å². The number of ether oxygens (including phenoxy) is 1. The van der Waals surface area contributed by atoms with Crippen molar-refractivity contribution in [3.05, 3.63) is 47.9 Å².